The lowest BCUT2D eigenvalue weighted by atomic mass is 10.4. The number of aliphatic hydroxyl groups is 3. The summed E-state index contributed by atoms with van der Waals surface area (Å²) < 4.78 is 23.5. The Labute approximate surface area is 162 Å². The van der Waals surface area contributed by atoms with Gasteiger partial charge in [-0.1, -0.05) is 0 Å². The Balaban J connectivity index is 4.15. The van der Waals surface area contributed by atoms with E-state index in [1.807, 2.05) is 0 Å². The molecule has 2 unspecified atom stereocenters. The number of hydrogen-bond donors (Lipinski definition) is 3. The lowest BCUT2D eigenvalue weighted by Gasteiger charge is -2.38. The fourth-order valence-electron chi connectivity index (χ4n) is 2.57. The average Bonchev–Trinajstić information content (AvgIpc) is 2.42. The average molecular weight is 429 g/mol. The van der Waals surface area contributed by atoms with Crippen molar-refractivity contribution in [1.82, 2.24) is 0 Å². The van der Waals surface area contributed by atoms with Gasteiger partial charge in [-0.2, -0.15) is 0 Å². The zero-order valence-corrected chi connectivity index (χ0v) is 20.6. The minimum absolute atomic E-state index is 0.000420. The summed E-state index contributed by atoms with van der Waals surface area (Å²) in [5.41, 5.74) is 0. The molecule has 26 heavy (non-hydrogen) atoms. The van der Waals surface area contributed by atoms with Crippen LogP contribution in [0.25, 0.3) is 0 Å². The lowest BCUT2D eigenvalue weighted by Crippen LogP contribution is -2.52. The van der Waals surface area contributed by atoms with Gasteiger partial charge in [0, 0.05) is 6.61 Å². The van der Waals surface area contributed by atoms with Crippen LogP contribution in [0.3, 0.4) is 0 Å². The third-order valence-electron chi connectivity index (χ3n) is 3.11. The summed E-state index contributed by atoms with van der Waals surface area (Å²) in [5, 5.41) is 27.6. The van der Waals surface area contributed by atoms with Gasteiger partial charge in [0.25, 0.3) is 0 Å². The van der Waals surface area contributed by atoms with Crippen molar-refractivity contribution >= 4 is 25.2 Å². The summed E-state index contributed by atoms with van der Waals surface area (Å²) in [4.78, 5) is 0. The van der Waals surface area contributed by atoms with Crippen LogP contribution in [0.1, 0.15) is 6.42 Å². The van der Waals surface area contributed by atoms with Crippen LogP contribution in [-0.2, 0) is 17.7 Å². The van der Waals surface area contributed by atoms with Gasteiger partial charge in [0.1, 0.15) is 12.2 Å². The van der Waals surface area contributed by atoms with Crippen LogP contribution in [0.2, 0.25) is 51.9 Å². The van der Waals surface area contributed by atoms with Gasteiger partial charge >= 0.3 is 8.56 Å². The molecule has 0 aromatic rings. The molecule has 0 bridgehead atoms. The first-order valence-electron chi connectivity index (χ1n) is 9.29. The van der Waals surface area contributed by atoms with E-state index in [0.717, 1.165) is 12.5 Å². The van der Waals surface area contributed by atoms with E-state index in [2.05, 4.69) is 45.8 Å². The SMILES string of the molecule is C[Si](C)(C)O[Si](C)(CCCOCC(O)COCC(O)CO)O[Si](C)(C)C. The van der Waals surface area contributed by atoms with Crippen LogP contribution >= 0.6 is 0 Å². The zero-order valence-electron chi connectivity index (χ0n) is 17.6. The molecule has 10 heteroatoms. The Morgan fingerprint density at radius 3 is 1.65 bits per heavy atom. The van der Waals surface area contributed by atoms with Gasteiger partial charge < -0.3 is 33.0 Å². The van der Waals surface area contributed by atoms with Crippen molar-refractivity contribution in [3.63, 3.8) is 0 Å². The molecule has 0 aliphatic rings. The summed E-state index contributed by atoms with van der Waals surface area (Å²) >= 11 is 0. The van der Waals surface area contributed by atoms with Crippen molar-refractivity contribution in [3.05, 3.63) is 0 Å². The predicted octanol–water partition coefficient (Wildman–Crippen LogP) is 1.90. The largest absolute Gasteiger partial charge is 0.437 e. The maximum Gasteiger partial charge on any atom is 0.314 e. The Morgan fingerprint density at radius 1 is 0.731 bits per heavy atom. The van der Waals surface area contributed by atoms with Gasteiger partial charge in [-0.3, -0.25) is 0 Å². The molecule has 0 aromatic carbocycles. The molecule has 0 saturated heterocycles. The molecule has 0 aliphatic carbocycles. The molecule has 0 radical (unpaired) electrons. The highest BCUT2D eigenvalue weighted by Crippen LogP contribution is 2.25. The summed E-state index contributed by atoms with van der Waals surface area (Å²) in [7, 11) is -5.60. The van der Waals surface area contributed by atoms with Crippen LogP contribution in [0.4, 0.5) is 0 Å². The normalized spacial score (nSPS) is 15.9. The molecule has 158 valence electrons. The van der Waals surface area contributed by atoms with Crippen molar-refractivity contribution < 1.29 is 33.0 Å². The molecule has 0 spiro atoms. The van der Waals surface area contributed by atoms with Crippen molar-refractivity contribution in [2.75, 3.05) is 33.0 Å². The van der Waals surface area contributed by atoms with Crippen LogP contribution in [-0.4, -0.2) is 85.8 Å². The fourth-order valence-corrected chi connectivity index (χ4v) is 15.1. The lowest BCUT2D eigenvalue weighted by molar-refractivity contribution is -0.0478. The number of ether oxygens (including phenoxy) is 2. The van der Waals surface area contributed by atoms with Crippen LogP contribution in [0.15, 0.2) is 0 Å². The van der Waals surface area contributed by atoms with E-state index in [-0.39, 0.29) is 26.4 Å². The second-order valence-corrected chi connectivity index (χ2v) is 21.6. The van der Waals surface area contributed by atoms with Crippen LogP contribution < -0.4 is 0 Å². The van der Waals surface area contributed by atoms with E-state index in [1.54, 1.807) is 0 Å². The summed E-state index contributed by atoms with van der Waals surface area (Å²) in [6.45, 7) is 15.7. The quantitative estimate of drug-likeness (QED) is 0.271. The first-order chi connectivity index (χ1) is 11.8. The maximum absolute atomic E-state index is 9.78. The Kier molecular flexibility index (Phi) is 12.2. The molecule has 0 amide bonds. The Morgan fingerprint density at radius 2 is 1.19 bits per heavy atom. The third-order valence-corrected chi connectivity index (χ3v) is 12.7. The molecule has 0 rings (SSSR count). The fraction of sp³-hybridized carbons (Fsp3) is 1.00. The molecular weight excluding hydrogens is 388 g/mol. The smallest absolute Gasteiger partial charge is 0.314 e. The van der Waals surface area contributed by atoms with E-state index in [9.17, 15) is 5.11 Å². The summed E-state index contributed by atoms with van der Waals surface area (Å²) in [6, 6.07) is 0.872. The minimum atomic E-state index is -2.23. The van der Waals surface area contributed by atoms with Gasteiger partial charge in [-0.05, 0) is 58.3 Å². The van der Waals surface area contributed by atoms with E-state index >= 15 is 0 Å². The second-order valence-electron chi connectivity index (χ2n) is 8.77. The van der Waals surface area contributed by atoms with Crippen LogP contribution in [0, 0.1) is 0 Å². The van der Waals surface area contributed by atoms with Gasteiger partial charge in [0.15, 0.2) is 16.6 Å². The van der Waals surface area contributed by atoms with Gasteiger partial charge in [-0.15, -0.1) is 0 Å². The molecule has 2 atom stereocenters. The topological polar surface area (TPSA) is 97.6 Å². The highest BCUT2D eigenvalue weighted by Gasteiger charge is 2.39. The number of aliphatic hydroxyl groups excluding tert-OH is 3. The second kappa shape index (κ2) is 12.0. The first kappa shape index (κ1) is 26.4. The van der Waals surface area contributed by atoms with E-state index in [1.165, 1.54) is 0 Å². The number of hydrogen-bond acceptors (Lipinski definition) is 7. The third kappa shape index (κ3) is 15.4. The highest BCUT2D eigenvalue weighted by molar-refractivity contribution is 6.87. The molecule has 3 N–H and O–H groups in total. The molecule has 0 heterocycles. The molecule has 0 saturated carbocycles. The predicted molar refractivity (Wildman–Crippen MR) is 111 cm³/mol. The number of rotatable bonds is 15. The van der Waals surface area contributed by atoms with Crippen molar-refractivity contribution in [2.24, 2.45) is 0 Å². The van der Waals surface area contributed by atoms with Crippen molar-refractivity contribution in [3.8, 4) is 0 Å². The highest BCUT2D eigenvalue weighted by atomic mass is 28.5. The maximum atomic E-state index is 9.78. The summed E-state index contributed by atoms with van der Waals surface area (Å²) in [6.07, 6.45) is -0.835. The molecule has 0 aromatic heterocycles. The summed E-state index contributed by atoms with van der Waals surface area (Å²) in [5.74, 6) is 0. The van der Waals surface area contributed by atoms with Gasteiger partial charge in [0.2, 0.25) is 0 Å². The molecule has 0 aliphatic heterocycles. The van der Waals surface area contributed by atoms with E-state index in [0.29, 0.717) is 6.61 Å². The first-order valence-corrected chi connectivity index (χ1v) is 18.6. The van der Waals surface area contributed by atoms with Crippen LogP contribution in [0.5, 0.6) is 0 Å². The molecule has 0 fully saturated rings. The molecule has 7 nitrogen and oxygen atoms in total. The standard InChI is InChI=1S/C16H40O7Si3/c1-24(2,3)22-26(7,23-25(4,5)6)10-8-9-20-13-16(19)14-21-12-15(18)11-17/h15-19H,8-14H2,1-7H3. The Hall–Kier alpha value is 0.371. The Bertz CT molecular complexity index is 356. The van der Waals surface area contributed by atoms with Gasteiger partial charge in [0.05, 0.1) is 26.4 Å². The van der Waals surface area contributed by atoms with E-state index in [4.69, 9.17) is 27.9 Å². The monoisotopic (exact) mass is 428 g/mol. The van der Waals surface area contributed by atoms with Crippen molar-refractivity contribution in [2.45, 2.75) is 70.5 Å². The zero-order chi connectivity index (χ0) is 20.4. The van der Waals surface area contributed by atoms with Crippen molar-refractivity contribution in [1.29, 1.82) is 0 Å². The van der Waals surface area contributed by atoms with Gasteiger partial charge in [-0.25, -0.2) is 0 Å². The van der Waals surface area contributed by atoms with E-state index < -0.39 is 37.4 Å². The molecular formula is C16H40O7Si3. The minimum Gasteiger partial charge on any atom is -0.437 e.